The molecule has 3 atom stereocenters. The van der Waals surface area contributed by atoms with Crippen molar-refractivity contribution < 1.29 is 17.9 Å². The minimum atomic E-state index is -3.15. The molecule has 1 saturated carbocycles. The van der Waals surface area contributed by atoms with Crippen LogP contribution in [0.2, 0.25) is 0 Å². The Morgan fingerprint density at radius 1 is 1.29 bits per heavy atom. The van der Waals surface area contributed by atoms with Crippen LogP contribution in [0.4, 0.5) is 4.39 Å². The summed E-state index contributed by atoms with van der Waals surface area (Å²) in [7, 11) is -3.15. The van der Waals surface area contributed by atoms with Crippen LogP contribution in [0.3, 0.4) is 0 Å². The van der Waals surface area contributed by atoms with Crippen LogP contribution in [-0.2, 0) is 9.84 Å². The molecular formula is C12H15FO3S. The lowest BCUT2D eigenvalue weighted by Gasteiger charge is -2.00. The van der Waals surface area contributed by atoms with Gasteiger partial charge in [-0.3, -0.25) is 0 Å². The van der Waals surface area contributed by atoms with E-state index in [4.69, 9.17) is 0 Å². The second kappa shape index (κ2) is 4.38. The molecule has 94 valence electrons. The van der Waals surface area contributed by atoms with Gasteiger partial charge in [0, 0.05) is 24.2 Å². The Kier molecular flexibility index (Phi) is 3.23. The lowest BCUT2D eigenvalue weighted by Crippen LogP contribution is -2.13. The zero-order valence-electron chi connectivity index (χ0n) is 9.51. The van der Waals surface area contributed by atoms with Gasteiger partial charge in [0.25, 0.3) is 0 Å². The van der Waals surface area contributed by atoms with E-state index in [-0.39, 0.29) is 30.0 Å². The lowest BCUT2D eigenvalue weighted by molar-refractivity contribution is 0.274. The molecule has 0 saturated heterocycles. The third-order valence-electron chi connectivity index (χ3n) is 3.38. The lowest BCUT2D eigenvalue weighted by atomic mass is 10.1. The van der Waals surface area contributed by atoms with E-state index in [1.807, 2.05) is 0 Å². The van der Waals surface area contributed by atoms with Crippen LogP contribution in [0.5, 0.6) is 0 Å². The quantitative estimate of drug-likeness (QED) is 0.886. The average molecular weight is 258 g/mol. The molecule has 0 spiro atoms. The number of sulfone groups is 1. The monoisotopic (exact) mass is 258 g/mol. The van der Waals surface area contributed by atoms with Crippen LogP contribution in [0.25, 0.3) is 0 Å². The molecule has 1 fully saturated rings. The fourth-order valence-corrected chi connectivity index (χ4v) is 4.25. The second-order valence-corrected chi connectivity index (χ2v) is 6.79. The fourth-order valence-electron chi connectivity index (χ4n) is 2.36. The molecule has 0 aromatic heterocycles. The molecule has 0 heterocycles. The molecule has 1 aliphatic rings. The highest BCUT2D eigenvalue weighted by Gasteiger charge is 2.57. The number of hydrogen-bond acceptors (Lipinski definition) is 3. The summed E-state index contributed by atoms with van der Waals surface area (Å²) in [5.41, 5.74) is 0.785. The van der Waals surface area contributed by atoms with Gasteiger partial charge in [-0.25, -0.2) is 12.8 Å². The Labute approximate surface area is 100 Å². The van der Waals surface area contributed by atoms with Crippen molar-refractivity contribution in [1.29, 1.82) is 0 Å². The van der Waals surface area contributed by atoms with Crippen molar-refractivity contribution in [3.63, 3.8) is 0 Å². The molecule has 17 heavy (non-hydrogen) atoms. The van der Waals surface area contributed by atoms with Gasteiger partial charge in [0.2, 0.25) is 0 Å². The number of halogens is 1. The van der Waals surface area contributed by atoms with E-state index >= 15 is 0 Å². The van der Waals surface area contributed by atoms with Crippen molar-refractivity contribution in [1.82, 2.24) is 0 Å². The van der Waals surface area contributed by atoms with Crippen molar-refractivity contribution in [2.75, 3.05) is 12.4 Å². The first-order valence-electron chi connectivity index (χ1n) is 5.59. The summed E-state index contributed by atoms with van der Waals surface area (Å²) < 4.78 is 36.4. The highest BCUT2D eigenvalue weighted by atomic mass is 32.2. The molecule has 2 rings (SSSR count). The van der Waals surface area contributed by atoms with Gasteiger partial charge in [-0.15, -0.1) is 0 Å². The third kappa shape index (κ3) is 2.21. The Morgan fingerprint density at radius 2 is 1.88 bits per heavy atom. The first-order valence-corrected chi connectivity index (χ1v) is 7.30. The Balaban J connectivity index is 2.26. The van der Waals surface area contributed by atoms with Gasteiger partial charge in [-0.05, 0) is 17.7 Å². The van der Waals surface area contributed by atoms with E-state index in [1.54, 1.807) is 19.1 Å². The van der Waals surface area contributed by atoms with E-state index in [0.717, 1.165) is 5.56 Å². The van der Waals surface area contributed by atoms with Crippen LogP contribution < -0.4 is 0 Å². The summed E-state index contributed by atoms with van der Waals surface area (Å²) in [6.07, 6.45) is 0. The van der Waals surface area contributed by atoms with Gasteiger partial charge in [-0.1, -0.05) is 19.1 Å². The Hall–Kier alpha value is -0.940. The highest BCUT2D eigenvalue weighted by Crippen LogP contribution is 2.52. The third-order valence-corrected chi connectivity index (χ3v) is 5.66. The van der Waals surface area contributed by atoms with Crippen molar-refractivity contribution in [2.24, 2.45) is 5.92 Å². The molecular weight excluding hydrogens is 243 g/mol. The van der Waals surface area contributed by atoms with Crippen LogP contribution in [0.1, 0.15) is 18.4 Å². The number of hydrogen-bond donors (Lipinski definition) is 1. The van der Waals surface area contributed by atoms with Gasteiger partial charge in [0.1, 0.15) is 5.82 Å². The minimum Gasteiger partial charge on any atom is -0.396 e. The smallest absolute Gasteiger partial charge is 0.153 e. The summed E-state index contributed by atoms with van der Waals surface area (Å²) in [4.78, 5) is 0. The largest absolute Gasteiger partial charge is 0.396 e. The first kappa shape index (κ1) is 12.5. The predicted molar refractivity (Wildman–Crippen MR) is 63.0 cm³/mol. The van der Waals surface area contributed by atoms with Crippen LogP contribution in [0, 0.1) is 11.7 Å². The fraction of sp³-hybridized carbons (Fsp3) is 0.500. The summed E-state index contributed by atoms with van der Waals surface area (Å²) in [6.45, 7) is 1.45. The predicted octanol–water partition coefficient (Wildman–Crippen LogP) is 1.33. The molecule has 1 aromatic carbocycles. The maximum atomic E-state index is 12.8. The van der Waals surface area contributed by atoms with Crippen molar-refractivity contribution >= 4 is 9.84 Å². The maximum Gasteiger partial charge on any atom is 0.153 e. The van der Waals surface area contributed by atoms with Gasteiger partial charge in [0.15, 0.2) is 9.84 Å². The normalized spacial score (nSPS) is 28.1. The molecule has 0 unspecified atom stereocenters. The molecule has 3 nitrogen and oxygen atoms in total. The summed E-state index contributed by atoms with van der Waals surface area (Å²) in [5, 5.41) is 8.67. The summed E-state index contributed by atoms with van der Waals surface area (Å²) >= 11 is 0. The van der Waals surface area contributed by atoms with Crippen LogP contribution in [0.15, 0.2) is 24.3 Å². The van der Waals surface area contributed by atoms with Gasteiger partial charge in [-0.2, -0.15) is 0 Å². The van der Waals surface area contributed by atoms with E-state index in [0.29, 0.717) is 0 Å². The molecule has 0 radical (unpaired) electrons. The molecule has 1 aromatic rings. The van der Waals surface area contributed by atoms with Crippen LogP contribution >= 0.6 is 0 Å². The highest BCUT2D eigenvalue weighted by molar-refractivity contribution is 7.92. The zero-order chi connectivity index (χ0) is 12.6. The average Bonchev–Trinajstić information content (AvgIpc) is 3.05. The van der Waals surface area contributed by atoms with Gasteiger partial charge in [0.05, 0.1) is 5.25 Å². The zero-order valence-corrected chi connectivity index (χ0v) is 10.3. The SMILES string of the molecule is CCS(=O)(=O)[C@@H]1[C@H](CO)[C@H]1c1ccc(F)cc1. The summed E-state index contributed by atoms with van der Waals surface area (Å²) in [6, 6.07) is 5.82. The molecule has 5 heteroatoms. The molecule has 1 aliphatic carbocycles. The maximum absolute atomic E-state index is 12.8. The second-order valence-electron chi connectivity index (χ2n) is 4.34. The molecule has 1 N–H and O–H groups in total. The van der Waals surface area contributed by atoms with Gasteiger partial charge >= 0.3 is 0 Å². The number of rotatable bonds is 4. The van der Waals surface area contributed by atoms with Crippen molar-refractivity contribution in [3.8, 4) is 0 Å². The van der Waals surface area contributed by atoms with Crippen molar-refractivity contribution in [3.05, 3.63) is 35.6 Å². The number of aliphatic hydroxyl groups is 1. The van der Waals surface area contributed by atoms with Gasteiger partial charge < -0.3 is 5.11 Å². The first-order chi connectivity index (χ1) is 8.01. The van der Waals surface area contributed by atoms with E-state index < -0.39 is 15.1 Å². The summed E-state index contributed by atoms with van der Waals surface area (Å²) in [5.74, 6) is -0.702. The molecule has 0 bridgehead atoms. The van der Waals surface area contributed by atoms with E-state index in [2.05, 4.69) is 0 Å². The molecule has 0 amide bonds. The topological polar surface area (TPSA) is 54.4 Å². The molecule has 0 aliphatic heterocycles. The van der Waals surface area contributed by atoms with Crippen molar-refractivity contribution in [2.45, 2.75) is 18.1 Å². The standard InChI is InChI=1S/C12H15FO3S/c1-2-17(15,16)12-10(7-14)11(12)8-3-5-9(13)6-4-8/h3-6,10-12,14H,2,7H2,1H3/t10-,11-,12-/m1/s1. The van der Waals surface area contributed by atoms with Crippen LogP contribution in [-0.4, -0.2) is 31.1 Å². The number of aliphatic hydroxyl groups excluding tert-OH is 1. The number of benzene rings is 1. The Bertz CT molecular complexity index is 495. The minimum absolute atomic E-state index is 0.0753. The van der Waals surface area contributed by atoms with E-state index in [1.165, 1.54) is 12.1 Å². The Morgan fingerprint density at radius 3 is 2.35 bits per heavy atom. The van der Waals surface area contributed by atoms with E-state index in [9.17, 15) is 17.9 Å².